The Morgan fingerprint density at radius 3 is 0.682 bits per heavy atom. The van der Waals surface area contributed by atoms with E-state index in [0.717, 1.165) is 18.2 Å². The zero-order chi connectivity index (χ0) is 17.6. The van der Waals surface area contributed by atoms with Crippen molar-refractivity contribution >= 4 is 17.3 Å². The van der Waals surface area contributed by atoms with Gasteiger partial charge in [0.15, 0.2) is 17.3 Å². The molecule has 6 nitrogen and oxygen atoms in total. The van der Waals surface area contributed by atoms with Crippen LogP contribution in [0.5, 0.6) is 0 Å². The Kier molecular flexibility index (Phi) is 22.1. The van der Waals surface area contributed by atoms with Gasteiger partial charge in [-0.15, -0.1) is 17.3 Å². The van der Waals surface area contributed by atoms with Gasteiger partial charge in [-0.05, 0) is 39.0 Å². The van der Waals surface area contributed by atoms with E-state index in [2.05, 4.69) is 0 Å². The van der Waals surface area contributed by atoms with Crippen molar-refractivity contribution in [2.45, 2.75) is 41.5 Å². The van der Waals surface area contributed by atoms with Crippen molar-refractivity contribution in [3.05, 3.63) is 35.5 Å². The fourth-order valence-electron chi connectivity index (χ4n) is 0.859. The molecule has 0 atom stereocenters. The molecular formula is C15H21CoO6-. The summed E-state index contributed by atoms with van der Waals surface area (Å²) in [4.78, 5) is 29.9. The third kappa shape index (κ3) is 51.8. The van der Waals surface area contributed by atoms with Crippen molar-refractivity contribution in [1.29, 1.82) is 0 Å². The fraction of sp³-hybridized carbons (Fsp3) is 0.400. The van der Waals surface area contributed by atoms with E-state index in [1.54, 1.807) is 0 Å². The maximum Gasteiger partial charge on any atom is 2.00 e. The van der Waals surface area contributed by atoms with Crippen LogP contribution in [-0.2, 0) is 31.2 Å². The van der Waals surface area contributed by atoms with Crippen molar-refractivity contribution in [3.8, 4) is 0 Å². The summed E-state index contributed by atoms with van der Waals surface area (Å²) in [6, 6.07) is 0. The summed E-state index contributed by atoms with van der Waals surface area (Å²) < 4.78 is 0. The molecule has 0 amide bonds. The Morgan fingerprint density at radius 1 is 0.545 bits per heavy atom. The average molecular weight is 356 g/mol. The monoisotopic (exact) mass is 356 g/mol. The van der Waals surface area contributed by atoms with E-state index in [4.69, 9.17) is 0 Å². The van der Waals surface area contributed by atoms with Crippen molar-refractivity contribution in [1.82, 2.24) is 0 Å². The Hall–Kier alpha value is -1.86. The quantitative estimate of drug-likeness (QED) is 0.497. The molecule has 0 aromatic carbocycles. The van der Waals surface area contributed by atoms with Gasteiger partial charge in [-0.2, -0.15) is 0 Å². The first-order chi connectivity index (χ1) is 9.38. The molecule has 0 aliphatic carbocycles. The number of rotatable bonds is 3. The molecule has 0 aliphatic heterocycles. The van der Waals surface area contributed by atoms with Gasteiger partial charge in [0.1, 0.15) is 0 Å². The first-order valence-electron chi connectivity index (χ1n) is 5.96. The molecule has 127 valence electrons. The van der Waals surface area contributed by atoms with Crippen LogP contribution in [-0.4, -0.2) is 17.3 Å². The summed E-state index contributed by atoms with van der Waals surface area (Å²) in [7, 11) is 0. The summed E-state index contributed by atoms with van der Waals surface area (Å²) >= 11 is 0. The molecule has 0 fully saturated rings. The van der Waals surface area contributed by atoms with E-state index in [-0.39, 0.29) is 51.4 Å². The molecule has 0 saturated heterocycles. The molecule has 0 spiro atoms. The molecular weight excluding hydrogens is 335 g/mol. The number of carbonyl (C=O) groups excluding carboxylic acids is 3. The fourth-order valence-corrected chi connectivity index (χ4v) is 0.859. The van der Waals surface area contributed by atoms with Crippen LogP contribution in [0.2, 0.25) is 0 Å². The smallest absolute Gasteiger partial charge is 0.876 e. The first kappa shape index (κ1) is 28.3. The van der Waals surface area contributed by atoms with Gasteiger partial charge in [-0.1, -0.05) is 20.8 Å². The Labute approximate surface area is 141 Å². The van der Waals surface area contributed by atoms with Gasteiger partial charge < -0.3 is 15.3 Å². The number of hydrogen-bond donors (Lipinski definition) is 0. The summed E-state index contributed by atoms with van der Waals surface area (Å²) in [5, 5.41) is 29.9. The largest absolute Gasteiger partial charge is 2.00 e. The summed E-state index contributed by atoms with van der Waals surface area (Å²) in [5.74, 6) is -1.12. The predicted molar refractivity (Wildman–Crippen MR) is 73.3 cm³/mol. The van der Waals surface area contributed by atoms with Crippen LogP contribution >= 0.6 is 0 Å². The molecule has 0 saturated carbocycles. The summed E-state index contributed by atoms with van der Waals surface area (Å²) in [6.07, 6.45) is 3.17. The second-order valence-electron chi connectivity index (χ2n) is 4.10. The van der Waals surface area contributed by atoms with Gasteiger partial charge in [0.05, 0.1) is 0 Å². The third-order valence-electron chi connectivity index (χ3n) is 1.22. The van der Waals surface area contributed by atoms with Gasteiger partial charge >= 0.3 is 16.8 Å². The Morgan fingerprint density at radius 2 is 0.682 bits per heavy atom. The van der Waals surface area contributed by atoms with Gasteiger partial charge in [-0.25, -0.2) is 0 Å². The second-order valence-corrected chi connectivity index (χ2v) is 4.10. The van der Waals surface area contributed by atoms with E-state index >= 15 is 0 Å². The zero-order valence-electron chi connectivity index (χ0n) is 13.5. The Bertz CT molecular complexity index is 368. The topological polar surface area (TPSA) is 120 Å². The van der Waals surface area contributed by atoms with E-state index in [1.165, 1.54) is 41.5 Å². The van der Waals surface area contributed by atoms with E-state index in [9.17, 15) is 29.7 Å². The van der Waals surface area contributed by atoms with Crippen LogP contribution in [0.1, 0.15) is 41.5 Å². The molecule has 22 heavy (non-hydrogen) atoms. The minimum Gasteiger partial charge on any atom is -0.876 e. The van der Waals surface area contributed by atoms with Crippen LogP contribution in [0.3, 0.4) is 0 Å². The van der Waals surface area contributed by atoms with Gasteiger partial charge in [-0.3, -0.25) is 14.4 Å². The first-order valence-corrected chi connectivity index (χ1v) is 5.96. The molecule has 0 aliphatic rings. The van der Waals surface area contributed by atoms with Gasteiger partial charge in [0.2, 0.25) is 0 Å². The SMILES string of the molecule is CC(=O)/C=C(/C)[O-].CC(=O)/C=C(/C)[O-].CC(=O)/C=C(/C)[O-].[Co+2]. The van der Waals surface area contributed by atoms with Crippen molar-refractivity contribution in [2.24, 2.45) is 0 Å². The molecule has 0 bridgehead atoms. The second kappa shape index (κ2) is 17.2. The molecule has 0 aromatic heterocycles. The van der Waals surface area contributed by atoms with Crippen LogP contribution < -0.4 is 15.3 Å². The van der Waals surface area contributed by atoms with E-state index < -0.39 is 0 Å². The standard InChI is InChI=1S/3C5H8O2.Co/c3*1-4(6)3-5(2)7;/h3*3,6H,1-2H3;/q;;;+2/p-3/b3*4-3-;. The van der Waals surface area contributed by atoms with Crippen molar-refractivity contribution < 1.29 is 46.5 Å². The van der Waals surface area contributed by atoms with Gasteiger partial charge in [0, 0.05) is 0 Å². The molecule has 0 heterocycles. The third-order valence-corrected chi connectivity index (χ3v) is 1.22. The molecule has 0 rings (SSSR count). The van der Waals surface area contributed by atoms with Gasteiger partial charge in [0.25, 0.3) is 0 Å². The molecule has 0 N–H and O–H groups in total. The Balaban J connectivity index is -0.000000108. The van der Waals surface area contributed by atoms with E-state index in [0.29, 0.717) is 0 Å². The van der Waals surface area contributed by atoms with Crippen molar-refractivity contribution in [3.63, 3.8) is 0 Å². The molecule has 7 heteroatoms. The normalized spacial score (nSPS) is 10.9. The molecule has 1 radical (unpaired) electrons. The minimum atomic E-state index is -0.187. The maximum absolute atomic E-state index is 9.98. The number of hydrogen-bond acceptors (Lipinski definition) is 6. The number of allylic oxidation sites excluding steroid dienone is 6. The summed E-state index contributed by atoms with van der Waals surface area (Å²) in [5.41, 5.74) is 0. The van der Waals surface area contributed by atoms with Crippen LogP contribution in [0.4, 0.5) is 0 Å². The minimum absolute atomic E-state index is 0. The molecule has 0 unspecified atom stereocenters. The number of ketones is 3. The maximum atomic E-state index is 9.98. The summed E-state index contributed by atoms with van der Waals surface area (Å²) in [6.45, 7) is 8.09. The average Bonchev–Trinajstić information content (AvgIpc) is 2.10. The molecule has 0 aromatic rings. The number of carbonyl (C=O) groups is 3. The van der Waals surface area contributed by atoms with Crippen LogP contribution in [0.15, 0.2) is 35.5 Å². The van der Waals surface area contributed by atoms with Crippen molar-refractivity contribution in [2.75, 3.05) is 0 Å². The van der Waals surface area contributed by atoms with Crippen LogP contribution in [0.25, 0.3) is 0 Å². The predicted octanol–water partition coefficient (Wildman–Crippen LogP) is -0.484. The van der Waals surface area contributed by atoms with Crippen LogP contribution in [0, 0.1) is 0 Å². The van der Waals surface area contributed by atoms with E-state index in [1.807, 2.05) is 0 Å². The zero-order valence-corrected chi connectivity index (χ0v) is 14.6.